The Hall–Kier alpha value is -3.28. The Morgan fingerprint density at radius 2 is 1.64 bits per heavy atom. The number of aromatic nitrogens is 1. The van der Waals surface area contributed by atoms with Crippen molar-refractivity contribution in [2.45, 2.75) is 53.8 Å². The molecule has 0 atom stereocenters. The molecule has 0 aliphatic heterocycles. The van der Waals surface area contributed by atoms with Crippen molar-refractivity contribution in [1.29, 1.82) is 0 Å². The zero-order valence-electron chi connectivity index (χ0n) is 26.5. The van der Waals surface area contributed by atoms with Crippen molar-refractivity contribution < 1.29 is 34.6 Å². The Morgan fingerprint density at radius 3 is 2.25 bits per heavy atom. The van der Waals surface area contributed by atoms with Crippen molar-refractivity contribution in [1.82, 2.24) is 0 Å². The van der Waals surface area contributed by atoms with E-state index >= 15 is 0 Å². The van der Waals surface area contributed by atoms with Crippen molar-refractivity contribution >= 4 is 72.2 Å². The molecule has 6 heteroatoms. The van der Waals surface area contributed by atoms with E-state index < -0.39 is 8.07 Å². The Bertz CT molecular complexity index is 2030. The summed E-state index contributed by atoms with van der Waals surface area (Å²) in [6.07, 6.45) is 2.18. The van der Waals surface area contributed by atoms with Crippen molar-refractivity contribution in [3.63, 3.8) is 0 Å². The van der Waals surface area contributed by atoms with Gasteiger partial charge in [-0.15, -0.1) is 17.7 Å². The molecule has 44 heavy (non-hydrogen) atoms. The average Bonchev–Trinajstić information content (AvgIpc) is 3.30. The molecule has 2 heterocycles. The van der Waals surface area contributed by atoms with E-state index in [1.165, 1.54) is 78.1 Å². The van der Waals surface area contributed by atoms with Gasteiger partial charge in [-0.3, -0.25) is 4.79 Å². The molecule has 6 rings (SSSR count). The van der Waals surface area contributed by atoms with E-state index in [1.807, 2.05) is 11.3 Å². The maximum absolute atomic E-state index is 10.0. The molecule has 1 radical (unpaired) electrons. The molecule has 1 N–H and O–H groups in total. The molecule has 0 aliphatic carbocycles. The quantitative estimate of drug-likeness (QED) is 0.0472. The van der Waals surface area contributed by atoms with Crippen molar-refractivity contribution in [3.05, 3.63) is 103 Å². The fraction of sp³-hybridized carbons (Fsp3) is 0.237. The Morgan fingerprint density at radius 1 is 0.977 bits per heavy atom. The van der Waals surface area contributed by atoms with Gasteiger partial charge in [0.2, 0.25) is 0 Å². The first-order valence-corrected chi connectivity index (χ1v) is 19.1. The molecule has 0 spiro atoms. The van der Waals surface area contributed by atoms with E-state index in [0.717, 1.165) is 12.1 Å². The van der Waals surface area contributed by atoms with Gasteiger partial charge in [0.15, 0.2) is 5.78 Å². The molecule has 6 aromatic rings. The standard InChI is InChI=1S/C33H32NSSi.C5H8O2.Ir/c1-21(2)17-22-18-26-25-13-9-10-14-30(25)35-33(26)27(19-22)29-20-31(36(4,5)6)32-24-12-8-7-11-23(24)15-16-28(32)34(29)3;1-4(6)3-5(2)7;/h7-16,18,20-21H,3,17H2,1-2,4-6H3;3,6H,1-2H3;/q-1;;/b;4-3-;. The first kappa shape index (κ1) is 33.6. The van der Waals surface area contributed by atoms with Crippen LogP contribution < -0.4 is 9.75 Å². The SMILES string of the molecule is CC(=O)/C=C(/C)O.[CH2-][n+]1c(-c2[c-]c(CC(C)C)cc3c2sc2ccccc23)cc([Si](C)(C)C)c2c3ccccc3ccc21.[Ir]. The molecule has 0 fully saturated rings. The Labute approximate surface area is 279 Å². The number of hydrogen-bond acceptors (Lipinski definition) is 3. The van der Waals surface area contributed by atoms with Crippen LogP contribution in [0.15, 0.2) is 84.6 Å². The Balaban J connectivity index is 0.000000497. The summed E-state index contributed by atoms with van der Waals surface area (Å²) < 4.78 is 4.81. The number of aliphatic hydroxyl groups excluding tert-OH is 1. The van der Waals surface area contributed by atoms with Gasteiger partial charge in [0.1, 0.15) is 11.2 Å². The first-order valence-electron chi connectivity index (χ1n) is 14.8. The third-order valence-electron chi connectivity index (χ3n) is 7.61. The van der Waals surface area contributed by atoms with E-state index in [9.17, 15) is 4.79 Å². The van der Waals surface area contributed by atoms with Crippen LogP contribution >= 0.6 is 11.3 Å². The predicted octanol–water partition coefficient (Wildman–Crippen LogP) is 9.53. The second-order valence-electron chi connectivity index (χ2n) is 12.8. The summed E-state index contributed by atoms with van der Waals surface area (Å²) in [7, 11) is 2.93. The van der Waals surface area contributed by atoms with Crippen molar-refractivity contribution in [3.8, 4) is 11.3 Å². The summed E-state index contributed by atoms with van der Waals surface area (Å²) >= 11 is 1.88. The second kappa shape index (κ2) is 13.4. The van der Waals surface area contributed by atoms with Crippen LogP contribution in [0.4, 0.5) is 0 Å². The molecule has 4 aromatic carbocycles. The predicted molar refractivity (Wildman–Crippen MR) is 188 cm³/mol. The molecule has 0 amide bonds. The maximum Gasteiger partial charge on any atom is 0.155 e. The van der Waals surface area contributed by atoms with Crippen molar-refractivity contribution in [2.75, 3.05) is 0 Å². The fourth-order valence-electron chi connectivity index (χ4n) is 5.83. The number of benzene rings is 4. The van der Waals surface area contributed by atoms with Gasteiger partial charge >= 0.3 is 0 Å². The maximum atomic E-state index is 10.0. The summed E-state index contributed by atoms with van der Waals surface area (Å²) in [5, 5.41) is 16.5. The van der Waals surface area contributed by atoms with Crippen LogP contribution in [0.5, 0.6) is 0 Å². The summed E-state index contributed by atoms with van der Waals surface area (Å²) in [6.45, 7) is 14.8. The minimum absolute atomic E-state index is 0. The van der Waals surface area contributed by atoms with Crippen LogP contribution in [-0.2, 0) is 31.3 Å². The van der Waals surface area contributed by atoms with Gasteiger partial charge in [-0.2, -0.15) is 11.3 Å². The second-order valence-corrected chi connectivity index (χ2v) is 18.9. The van der Waals surface area contributed by atoms with E-state index in [0.29, 0.717) is 5.92 Å². The number of aliphatic hydroxyl groups is 1. The molecule has 229 valence electrons. The molecule has 0 unspecified atom stereocenters. The molecular weight excluding hydrogens is 755 g/mol. The number of ketones is 1. The van der Waals surface area contributed by atoms with Gasteiger partial charge in [-0.25, -0.2) is 0 Å². The van der Waals surface area contributed by atoms with E-state index in [1.54, 1.807) is 0 Å². The van der Waals surface area contributed by atoms with Crippen molar-refractivity contribution in [2.24, 2.45) is 5.92 Å². The number of carbonyl (C=O) groups is 1. The number of thiophene rings is 1. The van der Waals surface area contributed by atoms with E-state index in [4.69, 9.17) is 5.11 Å². The summed E-state index contributed by atoms with van der Waals surface area (Å²) in [5.41, 5.74) is 4.83. The number of allylic oxidation sites excluding steroid dienone is 2. The van der Waals surface area contributed by atoms with Crippen LogP contribution in [0.3, 0.4) is 0 Å². The number of pyridine rings is 1. The normalized spacial score (nSPS) is 12.0. The van der Waals surface area contributed by atoms with Crippen LogP contribution in [0.25, 0.3) is 53.1 Å². The number of rotatable bonds is 5. The fourth-order valence-corrected chi connectivity index (χ4v) is 8.60. The van der Waals surface area contributed by atoms with E-state index in [2.05, 4.69) is 124 Å². The number of fused-ring (bicyclic) bond motifs is 6. The topological polar surface area (TPSA) is 41.2 Å². The van der Waals surface area contributed by atoms with Gasteiger partial charge < -0.3 is 9.67 Å². The van der Waals surface area contributed by atoms with Gasteiger partial charge in [0.05, 0.1) is 13.8 Å². The molecule has 2 aromatic heterocycles. The largest absolute Gasteiger partial charge is 0.512 e. The third kappa shape index (κ3) is 6.84. The zero-order valence-corrected chi connectivity index (χ0v) is 30.8. The van der Waals surface area contributed by atoms with Gasteiger partial charge in [0.25, 0.3) is 0 Å². The molecule has 0 saturated heterocycles. The molecule has 0 bridgehead atoms. The molecule has 0 aliphatic rings. The van der Waals surface area contributed by atoms with E-state index in [-0.39, 0.29) is 31.6 Å². The van der Waals surface area contributed by atoms with Crippen LogP contribution in [-0.4, -0.2) is 19.0 Å². The smallest absolute Gasteiger partial charge is 0.155 e. The third-order valence-corrected chi connectivity index (χ3v) is 10.8. The minimum Gasteiger partial charge on any atom is -0.512 e. The molecule has 3 nitrogen and oxygen atoms in total. The van der Waals surface area contributed by atoms with Gasteiger partial charge in [-0.1, -0.05) is 98.2 Å². The summed E-state index contributed by atoms with van der Waals surface area (Å²) in [4.78, 5) is 10.0. The summed E-state index contributed by atoms with van der Waals surface area (Å²) in [5.74, 6) is 0.510. The number of carbonyl (C=O) groups excluding carboxylic acids is 1. The average molecular weight is 795 g/mol. The van der Waals surface area contributed by atoms with Gasteiger partial charge in [0, 0.05) is 37.9 Å². The van der Waals surface area contributed by atoms with Crippen LogP contribution in [0.2, 0.25) is 19.6 Å². The van der Waals surface area contributed by atoms with Crippen LogP contribution in [0, 0.1) is 19.0 Å². The first-order chi connectivity index (χ1) is 20.3. The molecule has 0 saturated carbocycles. The monoisotopic (exact) mass is 795 g/mol. The number of hydrogen-bond donors (Lipinski definition) is 1. The Kier molecular flexibility index (Phi) is 10.2. The van der Waals surface area contributed by atoms with Gasteiger partial charge in [-0.05, 0) is 70.6 Å². The zero-order chi connectivity index (χ0) is 31.1. The summed E-state index contributed by atoms with van der Waals surface area (Å²) in [6, 6.07) is 30.8. The van der Waals surface area contributed by atoms with Crippen LogP contribution in [0.1, 0.15) is 33.3 Å². The molecular formula is C38H40IrNO2SSi-. The number of nitrogens with zero attached hydrogens (tertiary/aromatic N) is 1. The minimum atomic E-state index is -1.69.